The molecule has 0 aliphatic heterocycles. The summed E-state index contributed by atoms with van der Waals surface area (Å²) in [6, 6.07) is 4.57. The first kappa shape index (κ1) is 19.1. The Kier molecular flexibility index (Phi) is 5.05. The summed E-state index contributed by atoms with van der Waals surface area (Å²) in [5.74, 6) is -0.407. The van der Waals surface area contributed by atoms with E-state index in [0.717, 1.165) is 29.1 Å². The van der Waals surface area contributed by atoms with Gasteiger partial charge in [-0.2, -0.15) is 18.3 Å². The largest absolute Gasteiger partial charge is 0.416 e. The van der Waals surface area contributed by atoms with Crippen LogP contribution < -0.4 is 5.32 Å². The molecule has 0 saturated heterocycles. The Labute approximate surface area is 157 Å². The Morgan fingerprint density at radius 1 is 1.26 bits per heavy atom. The Hall–Kier alpha value is -2.68. The molecule has 2 heterocycles. The van der Waals surface area contributed by atoms with E-state index in [9.17, 15) is 18.0 Å². The molecule has 3 rings (SSSR count). The zero-order valence-corrected chi connectivity index (χ0v) is 15.7. The van der Waals surface area contributed by atoms with E-state index in [0.29, 0.717) is 10.8 Å². The summed E-state index contributed by atoms with van der Waals surface area (Å²) in [5.41, 5.74) is 2.37. The molecule has 0 unspecified atom stereocenters. The highest BCUT2D eigenvalue weighted by Crippen LogP contribution is 2.30. The Balaban J connectivity index is 1.78. The Bertz CT molecular complexity index is 991. The van der Waals surface area contributed by atoms with Gasteiger partial charge in [-0.3, -0.25) is 4.79 Å². The van der Waals surface area contributed by atoms with Crippen LogP contribution in [0.25, 0.3) is 5.13 Å². The van der Waals surface area contributed by atoms with E-state index in [1.54, 1.807) is 11.6 Å². The summed E-state index contributed by atoms with van der Waals surface area (Å²) >= 11 is 1.45. The number of aryl methyl sites for hydroxylation is 2. The van der Waals surface area contributed by atoms with Crippen LogP contribution in [0.1, 0.15) is 28.2 Å². The fraction of sp³-hybridized carbons (Fsp3) is 0.278. The summed E-state index contributed by atoms with van der Waals surface area (Å²) in [7, 11) is 0. The predicted octanol–water partition coefficient (Wildman–Crippen LogP) is 4.45. The average Bonchev–Trinajstić information content (AvgIpc) is 3.12. The first-order valence-electron chi connectivity index (χ1n) is 8.10. The highest BCUT2D eigenvalue weighted by molar-refractivity contribution is 7.12. The van der Waals surface area contributed by atoms with Crippen molar-refractivity contribution in [3.63, 3.8) is 0 Å². The van der Waals surface area contributed by atoms with Crippen molar-refractivity contribution in [2.24, 2.45) is 0 Å². The number of benzene rings is 1. The number of hydrogen-bond acceptors (Lipinski definition) is 4. The number of amides is 1. The van der Waals surface area contributed by atoms with Gasteiger partial charge in [0.2, 0.25) is 11.0 Å². The number of thiazole rings is 1. The van der Waals surface area contributed by atoms with Crippen LogP contribution >= 0.6 is 11.3 Å². The molecule has 0 saturated carbocycles. The molecular formula is C18H17F3N4OS. The van der Waals surface area contributed by atoms with Crippen LogP contribution in [0, 0.1) is 20.8 Å². The lowest BCUT2D eigenvalue weighted by Crippen LogP contribution is -2.16. The number of anilines is 1. The van der Waals surface area contributed by atoms with Gasteiger partial charge in [0.15, 0.2) is 0 Å². The molecule has 3 aromatic rings. The Morgan fingerprint density at radius 3 is 2.63 bits per heavy atom. The fourth-order valence-corrected chi connectivity index (χ4v) is 3.50. The minimum atomic E-state index is -4.46. The third-order valence-corrected chi connectivity index (χ3v) is 4.97. The molecule has 0 fully saturated rings. The first-order valence-corrected chi connectivity index (χ1v) is 8.98. The van der Waals surface area contributed by atoms with Crippen molar-refractivity contribution in [2.45, 2.75) is 33.4 Å². The zero-order valence-electron chi connectivity index (χ0n) is 14.9. The van der Waals surface area contributed by atoms with Gasteiger partial charge < -0.3 is 5.32 Å². The van der Waals surface area contributed by atoms with Crippen LogP contribution in [0.4, 0.5) is 18.9 Å². The second kappa shape index (κ2) is 7.15. The van der Waals surface area contributed by atoms with Gasteiger partial charge in [-0.15, -0.1) is 11.3 Å². The standard InChI is InChI=1S/C18H17F3N4OS/c1-10-9-27-17(22-10)25-12(3)15(11(2)24-25)8-16(26)23-14-6-4-5-13(7-14)18(19,20)21/h4-7,9H,8H2,1-3H3,(H,23,26). The molecule has 0 aliphatic carbocycles. The second-order valence-corrected chi connectivity index (χ2v) is 6.97. The number of carbonyl (C=O) groups is 1. The van der Waals surface area contributed by atoms with Crippen molar-refractivity contribution in [1.82, 2.24) is 14.8 Å². The number of aromatic nitrogens is 3. The number of nitrogens with zero attached hydrogens (tertiary/aromatic N) is 3. The SMILES string of the molecule is Cc1csc(-n2nc(C)c(CC(=O)Nc3cccc(C(F)(F)F)c3)c2C)n1. The van der Waals surface area contributed by atoms with E-state index in [4.69, 9.17) is 0 Å². The van der Waals surface area contributed by atoms with E-state index in [1.165, 1.54) is 23.5 Å². The lowest BCUT2D eigenvalue weighted by molar-refractivity contribution is -0.137. The molecule has 1 amide bonds. The molecule has 0 aliphatic rings. The molecule has 0 spiro atoms. The number of halogens is 3. The van der Waals surface area contributed by atoms with E-state index in [1.807, 2.05) is 19.2 Å². The van der Waals surface area contributed by atoms with Crippen LogP contribution in [0.5, 0.6) is 0 Å². The molecule has 1 aromatic carbocycles. The average molecular weight is 394 g/mol. The monoisotopic (exact) mass is 394 g/mol. The van der Waals surface area contributed by atoms with Crippen LogP contribution in [0.15, 0.2) is 29.6 Å². The number of hydrogen-bond donors (Lipinski definition) is 1. The van der Waals surface area contributed by atoms with Crippen molar-refractivity contribution in [2.75, 3.05) is 5.32 Å². The summed E-state index contributed by atoms with van der Waals surface area (Å²) in [6.07, 6.45) is -4.45. The summed E-state index contributed by atoms with van der Waals surface area (Å²) in [4.78, 5) is 16.7. The smallest absolute Gasteiger partial charge is 0.326 e. The molecule has 1 N–H and O–H groups in total. The summed E-state index contributed by atoms with van der Waals surface area (Å²) < 4.78 is 40.1. The van der Waals surface area contributed by atoms with Gasteiger partial charge in [0.05, 0.1) is 23.4 Å². The van der Waals surface area contributed by atoms with E-state index < -0.39 is 17.6 Å². The normalized spacial score (nSPS) is 11.6. The maximum atomic E-state index is 12.8. The second-order valence-electron chi connectivity index (χ2n) is 6.14. The van der Waals surface area contributed by atoms with E-state index in [-0.39, 0.29) is 12.1 Å². The van der Waals surface area contributed by atoms with Gasteiger partial charge in [-0.1, -0.05) is 6.07 Å². The summed E-state index contributed by atoms with van der Waals surface area (Å²) in [6.45, 7) is 5.51. The quantitative estimate of drug-likeness (QED) is 0.711. The molecule has 0 bridgehead atoms. The molecule has 142 valence electrons. The van der Waals surface area contributed by atoms with Crippen LogP contribution in [0.3, 0.4) is 0 Å². The number of carbonyl (C=O) groups excluding carboxylic acids is 1. The van der Waals surface area contributed by atoms with Crippen molar-refractivity contribution in [3.8, 4) is 5.13 Å². The van der Waals surface area contributed by atoms with Gasteiger partial charge in [-0.05, 0) is 39.0 Å². The summed E-state index contributed by atoms with van der Waals surface area (Å²) in [5, 5.41) is 9.57. The topological polar surface area (TPSA) is 59.8 Å². The maximum absolute atomic E-state index is 12.8. The van der Waals surface area contributed by atoms with Crippen molar-refractivity contribution in [3.05, 3.63) is 57.9 Å². The highest BCUT2D eigenvalue weighted by atomic mass is 32.1. The van der Waals surface area contributed by atoms with Crippen molar-refractivity contribution < 1.29 is 18.0 Å². The molecule has 0 atom stereocenters. The maximum Gasteiger partial charge on any atom is 0.416 e. The molecule has 2 aromatic heterocycles. The van der Waals surface area contributed by atoms with Gasteiger partial charge in [0.1, 0.15) is 0 Å². The van der Waals surface area contributed by atoms with Gasteiger partial charge in [0, 0.05) is 22.3 Å². The van der Waals surface area contributed by atoms with Crippen LogP contribution in [0.2, 0.25) is 0 Å². The van der Waals surface area contributed by atoms with Crippen molar-refractivity contribution in [1.29, 1.82) is 0 Å². The number of alkyl halides is 3. The van der Waals surface area contributed by atoms with E-state index >= 15 is 0 Å². The van der Waals surface area contributed by atoms with Gasteiger partial charge >= 0.3 is 6.18 Å². The lowest BCUT2D eigenvalue weighted by Gasteiger charge is -2.10. The third-order valence-electron chi connectivity index (χ3n) is 4.04. The van der Waals surface area contributed by atoms with Crippen LogP contribution in [-0.2, 0) is 17.4 Å². The molecule has 27 heavy (non-hydrogen) atoms. The fourth-order valence-electron chi connectivity index (χ4n) is 2.69. The molecule has 0 radical (unpaired) electrons. The molecule has 5 nitrogen and oxygen atoms in total. The zero-order chi connectivity index (χ0) is 19.8. The van der Waals surface area contributed by atoms with Crippen molar-refractivity contribution >= 4 is 22.9 Å². The van der Waals surface area contributed by atoms with E-state index in [2.05, 4.69) is 15.4 Å². The molecule has 9 heteroatoms. The highest BCUT2D eigenvalue weighted by Gasteiger charge is 2.30. The lowest BCUT2D eigenvalue weighted by atomic mass is 10.1. The minimum absolute atomic E-state index is 0.0122. The number of nitrogens with one attached hydrogen (secondary N) is 1. The Morgan fingerprint density at radius 2 is 2.00 bits per heavy atom. The van der Waals surface area contributed by atoms with Gasteiger partial charge in [-0.25, -0.2) is 9.67 Å². The van der Waals surface area contributed by atoms with Crippen LogP contribution in [-0.4, -0.2) is 20.7 Å². The number of rotatable bonds is 4. The first-order chi connectivity index (χ1) is 12.6. The molecular weight excluding hydrogens is 377 g/mol. The third kappa shape index (κ3) is 4.19. The van der Waals surface area contributed by atoms with Gasteiger partial charge in [0.25, 0.3) is 0 Å². The predicted molar refractivity (Wildman–Crippen MR) is 97.2 cm³/mol. The minimum Gasteiger partial charge on any atom is -0.326 e.